The van der Waals surface area contributed by atoms with Crippen molar-refractivity contribution >= 4 is 23.4 Å². The van der Waals surface area contributed by atoms with E-state index in [0.717, 1.165) is 37.5 Å². The third kappa shape index (κ3) is 4.44. The number of fused-ring (bicyclic) bond motifs is 1. The van der Waals surface area contributed by atoms with Gasteiger partial charge in [0, 0.05) is 36.3 Å². The number of hydrogen-bond donors (Lipinski definition) is 1. The van der Waals surface area contributed by atoms with Crippen molar-refractivity contribution in [1.29, 1.82) is 0 Å². The van der Waals surface area contributed by atoms with Gasteiger partial charge >= 0.3 is 0 Å². The maximum atomic E-state index is 5.76. The number of pyridine rings is 1. The molecule has 1 fully saturated rings. The predicted octanol–water partition coefficient (Wildman–Crippen LogP) is 4.39. The molecule has 1 N–H and O–H groups in total. The summed E-state index contributed by atoms with van der Waals surface area (Å²) in [6.45, 7) is 4.00. The van der Waals surface area contributed by atoms with Crippen molar-refractivity contribution < 1.29 is 4.42 Å². The second-order valence-electron chi connectivity index (χ2n) is 6.82. The summed E-state index contributed by atoms with van der Waals surface area (Å²) < 4.78 is 5.76. The number of nitrogens with one attached hydrogen (secondary N) is 1. The molecule has 0 radical (unpaired) electrons. The van der Waals surface area contributed by atoms with Gasteiger partial charge < -0.3 is 9.73 Å². The minimum absolute atomic E-state index is 0. The van der Waals surface area contributed by atoms with E-state index >= 15 is 0 Å². The Morgan fingerprint density at radius 2 is 1.92 bits per heavy atom. The van der Waals surface area contributed by atoms with Gasteiger partial charge in [-0.05, 0) is 50.6 Å². The number of nitrogens with zero attached hydrogens (tertiary/aromatic N) is 2. The van der Waals surface area contributed by atoms with Crippen LogP contribution < -0.4 is 5.32 Å². The van der Waals surface area contributed by atoms with Gasteiger partial charge in [0.25, 0.3) is 0 Å². The topological polar surface area (TPSA) is 41.3 Å². The predicted molar refractivity (Wildman–Crippen MR) is 107 cm³/mol. The molecule has 1 atom stereocenters. The number of hydrogen-bond acceptors (Lipinski definition) is 4. The molecule has 138 valence electrons. The van der Waals surface area contributed by atoms with Gasteiger partial charge in [-0.15, -0.1) is 12.4 Å². The summed E-state index contributed by atoms with van der Waals surface area (Å²) >= 11 is 0. The van der Waals surface area contributed by atoms with E-state index in [1.165, 1.54) is 30.2 Å². The van der Waals surface area contributed by atoms with Crippen molar-refractivity contribution in [1.82, 2.24) is 15.2 Å². The molecule has 4 nitrogen and oxygen atoms in total. The second kappa shape index (κ2) is 9.17. The van der Waals surface area contributed by atoms with E-state index in [4.69, 9.17) is 4.42 Å². The molecule has 2 aromatic heterocycles. The molecule has 3 aromatic rings. The van der Waals surface area contributed by atoms with E-state index in [2.05, 4.69) is 39.5 Å². The quantitative estimate of drug-likeness (QED) is 0.722. The summed E-state index contributed by atoms with van der Waals surface area (Å²) in [4.78, 5) is 7.12. The first kappa shape index (κ1) is 18.9. The molecule has 4 rings (SSSR count). The van der Waals surface area contributed by atoms with Crippen LogP contribution in [0.2, 0.25) is 0 Å². The highest BCUT2D eigenvalue weighted by atomic mass is 35.5. The molecule has 3 heterocycles. The van der Waals surface area contributed by atoms with Crippen LogP contribution in [0.5, 0.6) is 0 Å². The summed E-state index contributed by atoms with van der Waals surface area (Å²) in [5, 5.41) is 4.75. The van der Waals surface area contributed by atoms with Crippen LogP contribution in [0.1, 0.15) is 30.5 Å². The van der Waals surface area contributed by atoms with Crippen LogP contribution >= 0.6 is 12.4 Å². The molecular formula is C21H26ClN3O. The highest BCUT2D eigenvalue weighted by Gasteiger charge is 2.22. The molecule has 1 saturated heterocycles. The molecule has 0 bridgehead atoms. The maximum Gasteiger partial charge on any atom is 0.134 e. The summed E-state index contributed by atoms with van der Waals surface area (Å²) in [5.74, 6) is 0. The second-order valence-corrected chi connectivity index (χ2v) is 6.82. The number of benzene rings is 1. The zero-order chi connectivity index (χ0) is 16.9. The van der Waals surface area contributed by atoms with Crippen LogP contribution in [-0.2, 0) is 13.1 Å². The van der Waals surface area contributed by atoms with Crippen LogP contribution in [-0.4, -0.2) is 29.0 Å². The van der Waals surface area contributed by atoms with Gasteiger partial charge in [-0.2, -0.15) is 0 Å². The smallest absolute Gasteiger partial charge is 0.134 e. The molecule has 26 heavy (non-hydrogen) atoms. The minimum atomic E-state index is 0. The molecule has 1 aliphatic rings. The summed E-state index contributed by atoms with van der Waals surface area (Å²) in [6.07, 6.45) is 7.45. The highest BCUT2D eigenvalue weighted by Crippen LogP contribution is 2.25. The molecule has 0 spiro atoms. The molecule has 0 amide bonds. The van der Waals surface area contributed by atoms with Crippen molar-refractivity contribution in [2.45, 2.75) is 38.4 Å². The van der Waals surface area contributed by atoms with Gasteiger partial charge in [-0.1, -0.05) is 24.3 Å². The standard InChI is InChI=1S/C21H25N3O.ClH/c1-2-9-21-20(8-1)17(16-25-21)14-24(15-18-6-3-4-12-23-18)19-7-5-11-22-13-10-19;/h1-4,6,8-9,12,16,19,22H,5,7,10-11,13-15H2;1H. The van der Waals surface area contributed by atoms with Crippen molar-refractivity contribution in [2.75, 3.05) is 13.1 Å². The van der Waals surface area contributed by atoms with Crippen LogP contribution in [0.25, 0.3) is 11.0 Å². The Bertz CT molecular complexity index is 797. The molecule has 1 aromatic carbocycles. The summed E-state index contributed by atoms with van der Waals surface area (Å²) in [7, 11) is 0. The van der Waals surface area contributed by atoms with Gasteiger partial charge in [-0.3, -0.25) is 9.88 Å². The Morgan fingerprint density at radius 3 is 2.81 bits per heavy atom. The molecular weight excluding hydrogens is 346 g/mol. The number of furan rings is 1. The lowest BCUT2D eigenvalue weighted by Crippen LogP contribution is -2.35. The molecule has 0 saturated carbocycles. The lowest BCUT2D eigenvalue weighted by molar-refractivity contribution is 0.162. The zero-order valence-corrected chi connectivity index (χ0v) is 15.8. The average Bonchev–Trinajstić information content (AvgIpc) is 2.88. The first-order valence-electron chi connectivity index (χ1n) is 9.20. The highest BCUT2D eigenvalue weighted by molar-refractivity contribution is 5.85. The van der Waals surface area contributed by atoms with Crippen LogP contribution in [0.3, 0.4) is 0 Å². The molecule has 5 heteroatoms. The Balaban J connectivity index is 0.00000196. The minimum Gasteiger partial charge on any atom is -0.464 e. The number of halogens is 1. The first-order chi connectivity index (χ1) is 12.4. The number of para-hydroxylation sites is 1. The largest absolute Gasteiger partial charge is 0.464 e. The third-order valence-electron chi connectivity index (χ3n) is 5.09. The molecule has 1 aliphatic heterocycles. The van der Waals surface area contributed by atoms with Crippen LogP contribution in [0.15, 0.2) is 59.3 Å². The van der Waals surface area contributed by atoms with Gasteiger partial charge in [-0.25, -0.2) is 0 Å². The van der Waals surface area contributed by atoms with E-state index in [0.29, 0.717) is 6.04 Å². The van der Waals surface area contributed by atoms with Gasteiger partial charge in [0.15, 0.2) is 0 Å². The van der Waals surface area contributed by atoms with Crippen LogP contribution in [0, 0.1) is 0 Å². The summed E-state index contributed by atoms with van der Waals surface area (Å²) in [5.41, 5.74) is 3.37. The fourth-order valence-corrected chi connectivity index (χ4v) is 3.75. The normalized spacial score (nSPS) is 17.8. The zero-order valence-electron chi connectivity index (χ0n) is 14.9. The number of rotatable bonds is 5. The average molecular weight is 372 g/mol. The molecule has 1 unspecified atom stereocenters. The lowest BCUT2D eigenvalue weighted by Gasteiger charge is -2.30. The first-order valence-corrected chi connectivity index (χ1v) is 9.20. The van der Waals surface area contributed by atoms with E-state index in [1.54, 1.807) is 0 Å². The van der Waals surface area contributed by atoms with E-state index < -0.39 is 0 Å². The van der Waals surface area contributed by atoms with Gasteiger partial charge in [0.1, 0.15) is 5.58 Å². The Labute approximate surface area is 161 Å². The number of aromatic nitrogens is 1. The van der Waals surface area contributed by atoms with Crippen molar-refractivity contribution in [2.24, 2.45) is 0 Å². The van der Waals surface area contributed by atoms with Crippen molar-refractivity contribution in [3.8, 4) is 0 Å². The summed E-state index contributed by atoms with van der Waals surface area (Å²) in [6, 6.07) is 15.0. The van der Waals surface area contributed by atoms with Crippen molar-refractivity contribution in [3.05, 3.63) is 66.2 Å². The lowest BCUT2D eigenvalue weighted by atomic mass is 10.1. The monoisotopic (exact) mass is 371 g/mol. The Kier molecular flexibility index (Phi) is 6.67. The molecule has 0 aliphatic carbocycles. The van der Waals surface area contributed by atoms with Crippen LogP contribution in [0.4, 0.5) is 0 Å². The van der Waals surface area contributed by atoms with E-state index in [1.807, 2.05) is 30.7 Å². The van der Waals surface area contributed by atoms with Crippen molar-refractivity contribution in [3.63, 3.8) is 0 Å². The third-order valence-corrected chi connectivity index (χ3v) is 5.09. The fourth-order valence-electron chi connectivity index (χ4n) is 3.75. The maximum absolute atomic E-state index is 5.76. The van der Waals surface area contributed by atoms with E-state index in [-0.39, 0.29) is 12.4 Å². The fraction of sp³-hybridized carbons (Fsp3) is 0.381. The van der Waals surface area contributed by atoms with Gasteiger partial charge in [0.2, 0.25) is 0 Å². The SMILES string of the molecule is Cl.c1ccc(CN(Cc2coc3ccccc23)C2CCCNCC2)nc1. The van der Waals surface area contributed by atoms with E-state index in [9.17, 15) is 0 Å². The Hall–Kier alpha value is -1.88. The Morgan fingerprint density at radius 1 is 1.04 bits per heavy atom. The van der Waals surface area contributed by atoms with Gasteiger partial charge in [0.05, 0.1) is 12.0 Å².